The van der Waals surface area contributed by atoms with Crippen molar-refractivity contribution < 1.29 is 4.48 Å². The summed E-state index contributed by atoms with van der Waals surface area (Å²) in [6.07, 6.45) is 0. The van der Waals surface area contributed by atoms with Gasteiger partial charge in [0, 0.05) is 9.90 Å². The summed E-state index contributed by atoms with van der Waals surface area (Å²) >= 11 is 9.32. The van der Waals surface area contributed by atoms with Gasteiger partial charge in [-0.05, 0) is 57.5 Å². The normalized spacial score (nSPS) is 12.1. The van der Waals surface area contributed by atoms with Gasteiger partial charge >= 0.3 is 0 Å². The molecule has 4 nitrogen and oxygen atoms in total. The summed E-state index contributed by atoms with van der Waals surface area (Å²) in [4.78, 5) is 20.3. The van der Waals surface area contributed by atoms with Crippen LogP contribution in [0.2, 0.25) is 5.02 Å². The quantitative estimate of drug-likeness (QED) is 0.286. The van der Waals surface area contributed by atoms with Crippen LogP contribution in [0.1, 0.15) is 24.3 Å². The van der Waals surface area contributed by atoms with Gasteiger partial charge in [-0.25, -0.2) is 4.98 Å². The SMILES string of the molecule is CC[N+](C)(CC)CCSc1nc2sc(C)c(C)c2c(=O)n1-c1ccc(Cl)cc1. The van der Waals surface area contributed by atoms with Gasteiger partial charge in [-0.1, -0.05) is 23.4 Å². The molecule has 0 aliphatic rings. The molecule has 150 valence electrons. The number of aromatic nitrogens is 2. The number of halogens is 1. The highest BCUT2D eigenvalue weighted by molar-refractivity contribution is 7.99. The Hall–Kier alpha value is -1.34. The molecule has 7 heteroatoms. The first-order valence-electron chi connectivity index (χ1n) is 9.54. The van der Waals surface area contributed by atoms with Crippen LogP contribution >= 0.6 is 34.7 Å². The molecule has 0 bridgehead atoms. The molecule has 0 saturated heterocycles. The Labute approximate surface area is 179 Å². The number of rotatable bonds is 7. The lowest BCUT2D eigenvalue weighted by atomic mass is 10.2. The van der Waals surface area contributed by atoms with E-state index in [2.05, 4.69) is 20.9 Å². The first-order chi connectivity index (χ1) is 13.3. The zero-order valence-corrected chi connectivity index (χ0v) is 19.5. The Morgan fingerprint density at radius 3 is 2.43 bits per heavy atom. The van der Waals surface area contributed by atoms with Gasteiger partial charge in [0.15, 0.2) is 5.16 Å². The molecular weight excluding hydrogens is 410 g/mol. The van der Waals surface area contributed by atoms with E-state index in [0.717, 1.165) is 61.4 Å². The van der Waals surface area contributed by atoms with E-state index in [9.17, 15) is 4.79 Å². The van der Waals surface area contributed by atoms with Crippen LogP contribution in [0.4, 0.5) is 0 Å². The molecule has 28 heavy (non-hydrogen) atoms. The molecule has 0 unspecified atom stereocenters. The average Bonchev–Trinajstić information content (AvgIpc) is 2.97. The number of fused-ring (bicyclic) bond motifs is 1. The van der Waals surface area contributed by atoms with Crippen LogP contribution < -0.4 is 5.56 Å². The molecule has 2 aromatic heterocycles. The van der Waals surface area contributed by atoms with E-state index in [1.54, 1.807) is 27.7 Å². The third-order valence-corrected chi connectivity index (χ3v) is 7.92. The highest BCUT2D eigenvalue weighted by atomic mass is 35.5. The highest BCUT2D eigenvalue weighted by Gasteiger charge is 2.20. The molecule has 0 amide bonds. The van der Waals surface area contributed by atoms with Crippen LogP contribution in [-0.2, 0) is 0 Å². The van der Waals surface area contributed by atoms with Gasteiger partial charge in [0.25, 0.3) is 5.56 Å². The van der Waals surface area contributed by atoms with E-state index in [1.807, 2.05) is 38.1 Å². The fourth-order valence-corrected chi connectivity index (χ4v) is 5.48. The summed E-state index contributed by atoms with van der Waals surface area (Å²) in [5.41, 5.74) is 1.83. The number of hydrogen-bond acceptors (Lipinski definition) is 4. The average molecular weight is 437 g/mol. The molecule has 0 N–H and O–H groups in total. The Bertz CT molecular complexity index is 1040. The fourth-order valence-electron chi connectivity index (χ4n) is 3.09. The van der Waals surface area contributed by atoms with Gasteiger partial charge in [0.2, 0.25) is 0 Å². The lowest BCUT2D eigenvalue weighted by molar-refractivity contribution is -0.903. The smallest absolute Gasteiger partial charge is 0.267 e. The highest BCUT2D eigenvalue weighted by Crippen LogP contribution is 2.30. The number of thioether (sulfide) groups is 1. The monoisotopic (exact) mass is 436 g/mol. The van der Waals surface area contributed by atoms with E-state index in [-0.39, 0.29) is 5.56 Å². The van der Waals surface area contributed by atoms with Crippen molar-refractivity contribution >= 4 is 44.9 Å². The predicted molar refractivity (Wildman–Crippen MR) is 123 cm³/mol. The predicted octanol–water partition coefficient (Wildman–Crippen LogP) is 5.30. The number of aryl methyl sites for hydroxylation is 2. The summed E-state index contributed by atoms with van der Waals surface area (Å²) in [5, 5.41) is 2.13. The van der Waals surface area contributed by atoms with Crippen molar-refractivity contribution in [3.63, 3.8) is 0 Å². The van der Waals surface area contributed by atoms with Gasteiger partial charge in [0.1, 0.15) is 4.83 Å². The lowest BCUT2D eigenvalue weighted by Crippen LogP contribution is -2.45. The Kier molecular flexibility index (Phi) is 6.54. The minimum atomic E-state index is -0.0000861. The van der Waals surface area contributed by atoms with Gasteiger partial charge < -0.3 is 4.48 Å². The number of hydrogen-bond donors (Lipinski definition) is 0. The van der Waals surface area contributed by atoms with Gasteiger partial charge in [-0.15, -0.1) is 11.3 Å². The van der Waals surface area contributed by atoms with Crippen molar-refractivity contribution in [2.45, 2.75) is 32.9 Å². The van der Waals surface area contributed by atoms with Crippen molar-refractivity contribution in [3.8, 4) is 5.69 Å². The Morgan fingerprint density at radius 2 is 1.82 bits per heavy atom. The molecule has 0 aliphatic heterocycles. The molecule has 0 saturated carbocycles. The molecule has 0 fully saturated rings. The van der Waals surface area contributed by atoms with Crippen LogP contribution in [0.5, 0.6) is 0 Å². The van der Waals surface area contributed by atoms with E-state index in [4.69, 9.17) is 16.6 Å². The second-order valence-electron chi connectivity index (χ2n) is 7.30. The van der Waals surface area contributed by atoms with Crippen LogP contribution in [-0.4, -0.2) is 46.5 Å². The third kappa shape index (κ3) is 4.15. The summed E-state index contributed by atoms with van der Waals surface area (Å²) in [5.74, 6) is 0.910. The van der Waals surface area contributed by atoms with E-state index < -0.39 is 0 Å². The Balaban J connectivity index is 2.08. The minimum Gasteiger partial charge on any atom is -0.326 e. The number of quaternary nitrogens is 1. The molecule has 2 heterocycles. The van der Waals surface area contributed by atoms with Gasteiger partial charge in [-0.2, -0.15) is 0 Å². The van der Waals surface area contributed by atoms with Crippen LogP contribution in [0.25, 0.3) is 15.9 Å². The van der Waals surface area contributed by atoms with Crippen molar-refractivity contribution in [1.82, 2.24) is 9.55 Å². The van der Waals surface area contributed by atoms with E-state index in [1.165, 1.54) is 0 Å². The van der Waals surface area contributed by atoms with Crippen molar-refractivity contribution in [2.24, 2.45) is 0 Å². The summed E-state index contributed by atoms with van der Waals surface area (Å²) < 4.78 is 2.75. The van der Waals surface area contributed by atoms with Gasteiger partial charge in [-0.3, -0.25) is 9.36 Å². The van der Waals surface area contributed by atoms with Crippen molar-refractivity contribution in [1.29, 1.82) is 0 Å². The molecule has 0 aliphatic carbocycles. The first kappa shape index (κ1) is 21.4. The maximum atomic E-state index is 13.4. The van der Waals surface area contributed by atoms with Crippen LogP contribution in [0.15, 0.2) is 34.2 Å². The first-order valence-corrected chi connectivity index (χ1v) is 11.7. The van der Waals surface area contributed by atoms with Crippen molar-refractivity contribution in [3.05, 3.63) is 50.1 Å². The van der Waals surface area contributed by atoms with E-state index >= 15 is 0 Å². The van der Waals surface area contributed by atoms with Gasteiger partial charge in [0.05, 0.1) is 43.5 Å². The second-order valence-corrected chi connectivity index (χ2v) is 10.0. The fraction of sp³-hybridized carbons (Fsp3) is 0.429. The number of nitrogens with zero attached hydrogens (tertiary/aromatic N) is 3. The molecule has 3 aromatic rings. The molecule has 0 atom stereocenters. The standard InChI is InChI=1S/C21H27ClN3OS2/c1-6-25(5,7-2)12-13-27-21-23-19-18(14(3)15(4)28-19)20(26)24(21)17-10-8-16(22)9-11-17/h8-11H,6-7,12-13H2,1-5H3/q+1. The summed E-state index contributed by atoms with van der Waals surface area (Å²) in [6, 6.07) is 7.40. The molecule has 1 aromatic carbocycles. The largest absolute Gasteiger partial charge is 0.326 e. The maximum absolute atomic E-state index is 13.4. The summed E-state index contributed by atoms with van der Waals surface area (Å²) in [7, 11) is 2.27. The van der Waals surface area contributed by atoms with Crippen molar-refractivity contribution in [2.75, 3.05) is 32.4 Å². The number of thiophene rings is 1. The van der Waals surface area contributed by atoms with Crippen LogP contribution in [0, 0.1) is 13.8 Å². The molecule has 0 spiro atoms. The van der Waals surface area contributed by atoms with E-state index in [0.29, 0.717) is 5.02 Å². The lowest BCUT2D eigenvalue weighted by Gasteiger charge is -2.31. The zero-order chi connectivity index (χ0) is 20.5. The summed E-state index contributed by atoms with van der Waals surface area (Å²) in [6.45, 7) is 11.7. The Morgan fingerprint density at radius 1 is 1.18 bits per heavy atom. The molecular formula is C21H27ClN3OS2+. The number of benzene rings is 1. The third-order valence-electron chi connectivity index (χ3n) is 5.65. The zero-order valence-electron chi connectivity index (χ0n) is 17.1. The maximum Gasteiger partial charge on any atom is 0.267 e. The molecule has 0 radical (unpaired) electrons. The minimum absolute atomic E-state index is 0.0000861. The second kappa shape index (κ2) is 8.57. The molecule has 3 rings (SSSR count). The van der Waals surface area contributed by atoms with Crippen LogP contribution in [0.3, 0.4) is 0 Å². The topological polar surface area (TPSA) is 34.9 Å².